The summed E-state index contributed by atoms with van der Waals surface area (Å²) < 4.78 is 40.6. The van der Waals surface area contributed by atoms with Crippen molar-refractivity contribution in [3.63, 3.8) is 0 Å². The van der Waals surface area contributed by atoms with Gasteiger partial charge < -0.3 is 10.1 Å². The van der Waals surface area contributed by atoms with Crippen LogP contribution in [0, 0.1) is 5.82 Å². The van der Waals surface area contributed by atoms with Crippen LogP contribution in [0.3, 0.4) is 0 Å². The van der Waals surface area contributed by atoms with Gasteiger partial charge in [0.05, 0.1) is 4.90 Å². The zero-order valence-corrected chi connectivity index (χ0v) is 15.3. The summed E-state index contributed by atoms with van der Waals surface area (Å²) in [5, 5.41) is 7.50. The standard InChI is InChI=1S/C18H19FN2O5S/c1-12(26-17(22)10-7-13-5-8-14(19)9-6-13)18(23)21-15-3-2-4-16(11-15)27(20,24)25/h2-6,8-9,11-12H,7,10H2,1H3,(H,21,23)(H2,20,24,25)/t12-/m1/s1. The number of sulfonamides is 1. The highest BCUT2D eigenvalue weighted by Gasteiger charge is 2.18. The lowest BCUT2D eigenvalue weighted by atomic mass is 10.1. The molecule has 1 amide bonds. The number of ether oxygens (including phenoxy) is 1. The van der Waals surface area contributed by atoms with Crippen LogP contribution in [-0.4, -0.2) is 26.4 Å². The highest BCUT2D eigenvalue weighted by atomic mass is 32.2. The van der Waals surface area contributed by atoms with Crippen LogP contribution in [0.25, 0.3) is 0 Å². The van der Waals surface area contributed by atoms with Crippen molar-refractivity contribution in [1.29, 1.82) is 0 Å². The summed E-state index contributed by atoms with van der Waals surface area (Å²) in [5.74, 6) is -1.56. The fraction of sp³-hybridized carbons (Fsp3) is 0.222. The maximum atomic E-state index is 12.8. The van der Waals surface area contributed by atoms with Crippen LogP contribution in [0.2, 0.25) is 0 Å². The van der Waals surface area contributed by atoms with Gasteiger partial charge in [-0.1, -0.05) is 18.2 Å². The van der Waals surface area contributed by atoms with E-state index >= 15 is 0 Å². The van der Waals surface area contributed by atoms with E-state index in [2.05, 4.69) is 5.32 Å². The van der Waals surface area contributed by atoms with E-state index in [1.165, 1.54) is 43.3 Å². The molecule has 0 saturated carbocycles. The van der Waals surface area contributed by atoms with E-state index in [-0.39, 0.29) is 22.8 Å². The Morgan fingerprint density at radius 3 is 2.48 bits per heavy atom. The van der Waals surface area contributed by atoms with Gasteiger partial charge >= 0.3 is 5.97 Å². The second-order valence-electron chi connectivity index (χ2n) is 5.82. The molecule has 0 radical (unpaired) electrons. The number of rotatable bonds is 7. The average Bonchev–Trinajstić information content (AvgIpc) is 2.60. The van der Waals surface area contributed by atoms with Gasteiger partial charge in [-0.3, -0.25) is 9.59 Å². The lowest BCUT2D eigenvalue weighted by Gasteiger charge is -2.14. The number of nitrogens with one attached hydrogen (secondary N) is 1. The van der Waals surface area contributed by atoms with Gasteiger partial charge in [-0.2, -0.15) is 0 Å². The third-order valence-electron chi connectivity index (χ3n) is 3.64. The van der Waals surface area contributed by atoms with Crippen molar-refractivity contribution in [3.05, 3.63) is 59.9 Å². The number of halogens is 1. The van der Waals surface area contributed by atoms with E-state index in [1.54, 1.807) is 12.1 Å². The van der Waals surface area contributed by atoms with E-state index < -0.39 is 28.0 Å². The van der Waals surface area contributed by atoms with Crippen LogP contribution < -0.4 is 10.5 Å². The summed E-state index contributed by atoms with van der Waals surface area (Å²) in [7, 11) is -3.90. The SMILES string of the molecule is C[C@@H](OC(=O)CCc1ccc(F)cc1)C(=O)Nc1cccc(S(N)(=O)=O)c1. The van der Waals surface area contributed by atoms with E-state index in [1.807, 2.05) is 0 Å². The van der Waals surface area contributed by atoms with Crippen molar-refractivity contribution < 1.29 is 27.1 Å². The number of primary sulfonamides is 1. The lowest BCUT2D eigenvalue weighted by molar-refractivity contribution is -0.153. The number of hydrogen-bond acceptors (Lipinski definition) is 5. The van der Waals surface area contributed by atoms with Crippen molar-refractivity contribution >= 4 is 27.6 Å². The maximum Gasteiger partial charge on any atom is 0.306 e. The van der Waals surface area contributed by atoms with Crippen LogP contribution >= 0.6 is 0 Å². The molecule has 0 saturated heterocycles. The van der Waals surface area contributed by atoms with Crippen molar-refractivity contribution in [3.8, 4) is 0 Å². The first-order chi connectivity index (χ1) is 12.6. The molecule has 0 aromatic heterocycles. The molecule has 0 fully saturated rings. The number of nitrogens with two attached hydrogens (primary N) is 1. The lowest BCUT2D eigenvalue weighted by Crippen LogP contribution is -2.30. The van der Waals surface area contributed by atoms with Crippen LogP contribution in [0.5, 0.6) is 0 Å². The van der Waals surface area contributed by atoms with Gasteiger partial charge in [-0.05, 0) is 49.2 Å². The van der Waals surface area contributed by atoms with Gasteiger partial charge in [-0.25, -0.2) is 17.9 Å². The van der Waals surface area contributed by atoms with Gasteiger partial charge in [-0.15, -0.1) is 0 Å². The highest BCUT2D eigenvalue weighted by molar-refractivity contribution is 7.89. The van der Waals surface area contributed by atoms with Crippen molar-refractivity contribution in [2.45, 2.75) is 30.8 Å². The smallest absolute Gasteiger partial charge is 0.306 e. The third kappa shape index (κ3) is 6.46. The molecular weight excluding hydrogens is 375 g/mol. The number of carbonyl (C=O) groups is 2. The number of esters is 1. The van der Waals surface area contributed by atoms with Crippen LogP contribution in [-0.2, 0) is 30.8 Å². The summed E-state index contributed by atoms with van der Waals surface area (Å²) in [4.78, 5) is 23.8. The average molecular weight is 394 g/mol. The number of amides is 1. The monoisotopic (exact) mass is 394 g/mol. The predicted molar refractivity (Wildman–Crippen MR) is 96.7 cm³/mol. The molecule has 2 rings (SSSR count). The number of anilines is 1. The Morgan fingerprint density at radius 2 is 1.85 bits per heavy atom. The zero-order chi connectivity index (χ0) is 20.0. The predicted octanol–water partition coefficient (Wildman–Crippen LogP) is 1.98. The summed E-state index contributed by atoms with van der Waals surface area (Å²) in [6.07, 6.45) is -0.697. The fourth-order valence-electron chi connectivity index (χ4n) is 2.20. The van der Waals surface area contributed by atoms with Gasteiger partial charge in [0.2, 0.25) is 10.0 Å². The zero-order valence-electron chi connectivity index (χ0n) is 14.5. The molecule has 0 aliphatic heterocycles. The van der Waals surface area contributed by atoms with E-state index in [0.717, 1.165) is 5.56 Å². The van der Waals surface area contributed by atoms with Crippen molar-refractivity contribution in [2.24, 2.45) is 5.14 Å². The Morgan fingerprint density at radius 1 is 1.19 bits per heavy atom. The summed E-state index contributed by atoms with van der Waals surface area (Å²) in [6, 6.07) is 11.1. The van der Waals surface area contributed by atoms with E-state index in [9.17, 15) is 22.4 Å². The second-order valence-corrected chi connectivity index (χ2v) is 7.38. The first kappa shape index (κ1) is 20.5. The normalized spacial score (nSPS) is 12.3. The molecule has 0 spiro atoms. The first-order valence-electron chi connectivity index (χ1n) is 8.03. The third-order valence-corrected chi connectivity index (χ3v) is 4.55. The summed E-state index contributed by atoms with van der Waals surface area (Å²) in [5.41, 5.74) is 0.978. The molecule has 3 N–H and O–H groups in total. The Hall–Kier alpha value is -2.78. The van der Waals surface area contributed by atoms with Crippen LogP contribution in [0.1, 0.15) is 18.9 Å². The Bertz CT molecular complexity index is 929. The molecule has 0 aliphatic carbocycles. The molecule has 9 heteroatoms. The van der Waals surface area contributed by atoms with E-state index in [0.29, 0.717) is 6.42 Å². The quantitative estimate of drug-likeness (QED) is 0.697. The topological polar surface area (TPSA) is 116 Å². The molecule has 27 heavy (non-hydrogen) atoms. The number of hydrogen-bond donors (Lipinski definition) is 2. The van der Waals surface area contributed by atoms with Gasteiger partial charge in [0.25, 0.3) is 5.91 Å². The number of carbonyl (C=O) groups excluding carboxylic acids is 2. The number of benzene rings is 2. The molecule has 0 unspecified atom stereocenters. The molecule has 0 aliphatic rings. The Kier molecular flexibility index (Phi) is 6.65. The minimum atomic E-state index is -3.90. The highest BCUT2D eigenvalue weighted by Crippen LogP contribution is 2.15. The van der Waals surface area contributed by atoms with Gasteiger partial charge in [0, 0.05) is 12.1 Å². The molecule has 0 heterocycles. The van der Waals surface area contributed by atoms with Crippen molar-refractivity contribution in [2.75, 3.05) is 5.32 Å². The molecule has 7 nitrogen and oxygen atoms in total. The first-order valence-corrected chi connectivity index (χ1v) is 9.57. The van der Waals surface area contributed by atoms with Gasteiger partial charge in [0.1, 0.15) is 5.82 Å². The van der Waals surface area contributed by atoms with Crippen LogP contribution in [0.15, 0.2) is 53.4 Å². The van der Waals surface area contributed by atoms with Gasteiger partial charge in [0.15, 0.2) is 6.10 Å². The fourth-order valence-corrected chi connectivity index (χ4v) is 2.76. The van der Waals surface area contributed by atoms with E-state index in [4.69, 9.17) is 9.88 Å². The largest absolute Gasteiger partial charge is 0.453 e. The Balaban J connectivity index is 1.87. The summed E-state index contributed by atoms with van der Waals surface area (Å²) in [6.45, 7) is 1.40. The second kappa shape index (κ2) is 8.74. The molecule has 1 atom stereocenters. The molecule has 2 aromatic carbocycles. The molecular formula is C18H19FN2O5S. The minimum absolute atomic E-state index is 0.0319. The molecule has 2 aromatic rings. The number of aryl methyl sites for hydroxylation is 1. The van der Waals surface area contributed by atoms with Crippen molar-refractivity contribution in [1.82, 2.24) is 0 Å². The summed E-state index contributed by atoms with van der Waals surface area (Å²) >= 11 is 0. The Labute approximate surface area is 156 Å². The maximum absolute atomic E-state index is 12.8. The molecule has 0 bridgehead atoms. The molecule has 144 valence electrons. The van der Waals surface area contributed by atoms with Crippen LogP contribution in [0.4, 0.5) is 10.1 Å². The minimum Gasteiger partial charge on any atom is -0.453 e.